The third kappa shape index (κ3) is 7.23. The van der Waals surface area contributed by atoms with Crippen LogP contribution in [0.15, 0.2) is 90.5 Å². The fourth-order valence-corrected chi connectivity index (χ4v) is 4.81. The van der Waals surface area contributed by atoms with Gasteiger partial charge in [0.05, 0.1) is 17.7 Å². The number of urea groups is 1. The number of nitro benzene ring substituents is 1. The van der Waals surface area contributed by atoms with Gasteiger partial charge in [0.25, 0.3) is 17.5 Å². The Labute approximate surface area is 266 Å². The molecule has 1 saturated heterocycles. The molecule has 0 radical (unpaired) electrons. The van der Waals surface area contributed by atoms with Crippen molar-refractivity contribution >= 4 is 58.5 Å². The number of halogens is 2. The van der Waals surface area contributed by atoms with Crippen LogP contribution in [0.1, 0.15) is 16.7 Å². The molecule has 13 heteroatoms. The first-order chi connectivity index (χ1) is 21.6. The van der Waals surface area contributed by atoms with E-state index in [0.717, 1.165) is 10.5 Å². The van der Waals surface area contributed by atoms with Crippen LogP contribution in [-0.4, -0.2) is 29.9 Å². The second kappa shape index (κ2) is 13.5. The number of carbonyl (C=O) groups excluding carboxylic acids is 3. The van der Waals surface area contributed by atoms with Crippen LogP contribution in [0.25, 0.3) is 6.08 Å². The maximum Gasteiger partial charge on any atom is 0.335 e. The molecule has 0 spiro atoms. The largest absolute Gasteiger partial charge is 0.497 e. The zero-order valence-corrected chi connectivity index (χ0v) is 25.0. The first-order valence-corrected chi connectivity index (χ1v) is 14.0. The van der Waals surface area contributed by atoms with Gasteiger partial charge >= 0.3 is 6.03 Å². The number of ether oxygens (including phenoxy) is 3. The van der Waals surface area contributed by atoms with Crippen molar-refractivity contribution in [2.24, 2.45) is 0 Å². The quantitative estimate of drug-likeness (QED) is 0.0865. The minimum Gasteiger partial charge on any atom is -0.497 e. The summed E-state index contributed by atoms with van der Waals surface area (Å²) in [5.74, 6) is -0.625. The van der Waals surface area contributed by atoms with E-state index in [2.05, 4.69) is 5.32 Å². The maximum absolute atomic E-state index is 13.5. The van der Waals surface area contributed by atoms with E-state index in [4.69, 9.17) is 37.4 Å². The van der Waals surface area contributed by atoms with E-state index in [1.165, 1.54) is 43.5 Å². The number of methoxy groups -OCH3 is 1. The highest BCUT2D eigenvalue weighted by atomic mass is 35.5. The summed E-state index contributed by atoms with van der Waals surface area (Å²) in [5.41, 5.74) is 1.36. The molecular weight excluding hydrogens is 625 g/mol. The van der Waals surface area contributed by atoms with E-state index in [0.29, 0.717) is 32.7 Å². The topological polar surface area (TPSA) is 137 Å². The normalized spacial score (nSPS) is 13.9. The summed E-state index contributed by atoms with van der Waals surface area (Å²) in [6, 6.07) is 21.0. The Hall–Kier alpha value is -5.39. The number of nitro groups is 1. The van der Waals surface area contributed by atoms with Gasteiger partial charge in [-0.25, -0.2) is 9.69 Å². The van der Waals surface area contributed by atoms with Crippen molar-refractivity contribution in [1.82, 2.24) is 5.32 Å². The van der Waals surface area contributed by atoms with Gasteiger partial charge in [0.2, 0.25) is 0 Å². The molecule has 0 aliphatic carbocycles. The Morgan fingerprint density at radius 1 is 0.889 bits per heavy atom. The second-order valence-corrected chi connectivity index (χ2v) is 10.4. The van der Waals surface area contributed by atoms with Crippen LogP contribution in [-0.2, 0) is 22.8 Å². The molecule has 4 amide bonds. The van der Waals surface area contributed by atoms with Gasteiger partial charge in [0, 0.05) is 39.4 Å². The Bertz CT molecular complexity index is 1840. The Morgan fingerprint density at radius 3 is 2.36 bits per heavy atom. The Kier molecular flexibility index (Phi) is 9.31. The Balaban J connectivity index is 1.37. The lowest BCUT2D eigenvalue weighted by atomic mass is 10.1. The van der Waals surface area contributed by atoms with Crippen molar-refractivity contribution in [3.63, 3.8) is 0 Å². The molecule has 4 aromatic rings. The van der Waals surface area contributed by atoms with E-state index in [1.54, 1.807) is 54.6 Å². The van der Waals surface area contributed by atoms with Gasteiger partial charge in [-0.2, -0.15) is 0 Å². The number of nitrogens with one attached hydrogen (secondary N) is 1. The van der Waals surface area contributed by atoms with Crippen LogP contribution >= 0.6 is 23.2 Å². The number of barbiturate groups is 1. The minimum absolute atomic E-state index is 0.0472. The predicted molar refractivity (Wildman–Crippen MR) is 167 cm³/mol. The van der Waals surface area contributed by atoms with Gasteiger partial charge < -0.3 is 14.2 Å². The van der Waals surface area contributed by atoms with Crippen LogP contribution in [0.5, 0.6) is 17.2 Å². The van der Waals surface area contributed by atoms with Crippen LogP contribution in [0, 0.1) is 10.1 Å². The fourth-order valence-electron chi connectivity index (χ4n) is 4.35. The van der Waals surface area contributed by atoms with Gasteiger partial charge in [-0.15, -0.1) is 0 Å². The van der Waals surface area contributed by atoms with Gasteiger partial charge in [-0.1, -0.05) is 41.4 Å². The molecule has 45 heavy (non-hydrogen) atoms. The Morgan fingerprint density at radius 2 is 1.64 bits per heavy atom. The molecule has 1 aliphatic heterocycles. The van der Waals surface area contributed by atoms with Crippen molar-refractivity contribution in [2.45, 2.75) is 13.2 Å². The average molecular weight is 648 g/mol. The first-order valence-electron chi connectivity index (χ1n) is 13.3. The molecule has 1 N–H and O–H groups in total. The average Bonchev–Trinajstić information content (AvgIpc) is 3.02. The first kappa shape index (κ1) is 31.0. The van der Waals surface area contributed by atoms with Gasteiger partial charge in [-0.05, 0) is 60.2 Å². The highest BCUT2D eigenvalue weighted by molar-refractivity contribution is 6.39. The van der Waals surface area contributed by atoms with Crippen molar-refractivity contribution < 1.29 is 33.5 Å². The predicted octanol–water partition coefficient (Wildman–Crippen LogP) is 6.73. The highest BCUT2D eigenvalue weighted by Gasteiger charge is 2.37. The summed E-state index contributed by atoms with van der Waals surface area (Å²) in [7, 11) is 1.46. The molecule has 228 valence electrons. The van der Waals surface area contributed by atoms with Gasteiger partial charge in [0.15, 0.2) is 0 Å². The summed E-state index contributed by atoms with van der Waals surface area (Å²) in [6.45, 7) is 0.113. The molecule has 1 aliphatic rings. The van der Waals surface area contributed by atoms with E-state index < -0.39 is 22.8 Å². The number of nitrogens with zero attached hydrogens (tertiary/aromatic N) is 2. The molecule has 0 aromatic heterocycles. The number of imide groups is 2. The zero-order valence-electron chi connectivity index (χ0n) is 23.5. The third-order valence-corrected chi connectivity index (χ3v) is 7.23. The molecule has 4 aromatic carbocycles. The summed E-state index contributed by atoms with van der Waals surface area (Å²) in [4.78, 5) is 50.6. The van der Waals surface area contributed by atoms with Crippen molar-refractivity contribution in [3.8, 4) is 17.2 Å². The number of hydrogen-bond acceptors (Lipinski definition) is 8. The smallest absolute Gasteiger partial charge is 0.335 e. The summed E-state index contributed by atoms with van der Waals surface area (Å²) >= 11 is 12.1. The number of carbonyl (C=O) groups is 3. The van der Waals surface area contributed by atoms with Gasteiger partial charge in [0.1, 0.15) is 36.0 Å². The summed E-state index contributed by atoms with van der Waals surface area (Å²) in [6.07, 6.45) is 1.30. The van der Waals surface area contributed by atoms with E-state index in [-0.39, 0.29) is 35.9 Å². The maximum atomic E-state index is 13.5. The number of non-ortho nitro benzene ring substituents is 1. The lowest BCUT2D eigenvalue weighted by Gasteiger charge is -2.26. The van der Waals surface area contributed by atoms with E-state index in [9.17, 15) is 24.5 Å². The molecule has 1 heterocycles. The molecule has 11 nitrogen and oxygen atoms in total. The summed E-state index contributed by atoms with van der Waals surface area (Å²) < 4.78 is 17.0. The van der Waals surface area contributed by atoms with E-state index >= 15 is 0 Å². The van der Waals surface area contributed by atoms with E-state index in [1.807, 2.05) is 0 Å². The van der Waals surface area contributed by atoms with Crippen molar-refractivity contribution in [1.29, 1.82) is 0 Å². The van der Waals surface area contributed by atoms with Crippen LogP contribution in [0.2, 0.25) is 10.0 Å². The second-order valence-electron chi connectivity index (χ2n) is 9.60. The van der Waals surface area contributed by atoms with Crippen molar-refractivity contribution in [3.05, 3.63) is 127 Å². The number of benzene rings is 4. The molecular formula is C32H23Cl2N3O8. The standard InChI is InChI=1S/C32H23Cl2N3O8/c1-43-26-10-6-20(29(16-26)45-17-19-3-2-4-24(13-19)37(41)42)14-27-30(38)35-32(40)36(31(27)39)23-8-11-25(12-9-23)44-18-21-5-7-22(33)15-28(21)34/h2-16H,17-18H2,1H3,(H,35,38,40)/b27-14+. The fraction of sp³-hybridized carbons (Fsp3) is 0.0938. The molecule has 0 unspecified atom stereocenters. The number of anilines is 1. The highest BCUT2D eigenvalue weighted by Crippen LogP contribution is 2.31. The zero-order chi connectivity index (χ0) is 32.1. The minimum atomic E-state index is -0.916. The SMILES string of the molecule is COc1ccc(/C=C2\C(=O)NC(=O)N(c3ccc(OCc4ccc(Cl)cc4Cl)cc3)C2=O)c(OCc2cccc([N+](=O)[O-])c2)c1. The molecule has 0 bridgehead atoms. The number of rotatable bonds is 10. The lowest BCUT2D eigenvalue weighted by Crippen LogP contribution is -2.54. The summed E-state index contributed by atoms with van der Waals surface area (Å²) in [5, 5.41) is 14.3. The number of amides is 4. The van der Waals surface area contributed by atoms with Crippen molar-refractivity contribution in [2.75, 3.05) is 12.0 Å². The molecule has 5 rings (SSSR count). The van der Waals surface area contributed by atoms with Crippen LogP contribution in [0.4, 0.5) is 16.2 Å². The molecule has 0 saturated carbocycles. The molecule has 0 atom stereocenters. The monoisotopic (exact) mass is 647 g/mol. The van der Waals surface area contributed by atoms with Crippen LogP contribution < -0.4 is 24.4 Å². The third-order valence-electron chi connectivity index (χ3n) is 6.64. The lowest BCUT2D eigenvalue weighted by molar-refractivity contribution is -0.384. The molecule has 1 fully saturated rings. The van der Waals surface area contributed by atoms with Crippen LogP contribution in [0.3, 0.4) is 0 Å². The van der Waals surface area contributed by atoms with Gasteiger partial charge in [-0.3, -0.25) is 25.0 Å². The number of hydrogen-bond donors (Lipinski definition) is 1.